The van der Waals surface area contributed by atoms with Crippen molar-refractivity contribution in [2.24, 2.45) is 5.92 Å². The van der Waals surface area contributed by atoms with E-state index in [9.17, 15) is 14.0 Å². The summed E-state index contributed by atoms with van der Waals surface area (Å²) in [5.74, 6) is -1.52. The van der Waals surface area contributed by atoms with E-state index >= 15 is 0 Å². The van der Waals surface area contributed by atoms with Gasteiger partial charge in [-0.05, 0) is 29.7 Å². The molecule has 132 valence electrons. The minimum atomic E-state index is -0.467. The van der Waals surface area contributed by atoms with Crippen molar-refractivity contribution >= 4 is 11.9 Å². The molecule has 2 aromatic carbocycles. The van der Waals surface area contributed by atoms with Crippen molar-refractivity contribution in [1.29, 1.82) is 0 Å². The summed E-state index contributed by atoms with van der Waals surface area (Å²) < 4.78 is 18.3. The number of hydrogen-bond donors (Lipinski definition) is 0. The van der Waals surface area contributed by atoms with Crippen LogP contribution in [0.4, 0.5) is 4.39 Å². The van der Waals surface area contributed by atoms with E-state index in [1.54, 1.807) is 26.1 Å². The predicted octanol–water partition coefficient (Wildman–Crippen LogP) is 3.21. The van der Waals surface area contributed by atoms with Crippen molar-refractivity contribution in [2.75, 3.05) is 13.7 Å². The maximum Gasteiger partial charge on any atom is 0.309 e. The number of hydrogen-bond acceptors (Lipinski definition) is 3. The van der Waals surface area contributed by atoms with Crippen LogP contribution in [0.3, 0.4) is 0 Å². The van der Waals surface area contributed by atoms with E-state index in [0.717, 1.165) is 11.1 Å². The molecule has 1 atom stereocenters. The van der Waals surface area contributed by atoms with Crippen LogP contribution in [-0.2, 0) is 27.3 Å². The highest BCUT2D eigenvalue weighted by Crippen LogP contribution is 2.12. The van der Waals surface area contributed by atoms with E-state index in [1.807, 2.05) is 30.3 Å². The van der Waals surface area contributed by atoms with Gasteiger partial charge in [0, 0.05) is 13.6 Å². The van der Waals surface area contributed by atoms with Crippen molar-refractivity contribution in [3.63, 3.8) is 0 Å². The molecule has 5 heteroatoms. The lowest BCUT2D eigenvalue weighted by atomic mass is 10.0. The second kappa shape index (κ2) is 8.97. The normalized spacial score (nSPS) is 11.6. The maximum absolute atomic E-state index is 13.2. The number of halogens is 1. The lowest BCUT2D eigenvalue weighted by Gasteiger charge is -2.18. The van der Waals surface area contributed by atoms with Gasteiger partial charge < -0.3 is 9.64 Å². The van der Waals surface area contributed by atoms with Crippen LogP contribution in [0.5, 0.6) is 0 Å². The van der Waals surface area contributed by atoms with Gasteiger partial charge >= 0.3 is 5.97 Å². The number of rotatable bonds is 7. The quantitative estimate of drug-likeness (QED) is 0.725. The van der Waals surface area contributed by atoms with Crippen molar-refractivity contribution in [1.82, 2.24) is 4.90 Å². The van der Waals surface area contributed by atoms with Crippen LogP contribution in [0.1, 0.15) is 18.1 Å². The molecule has 0 aromatic heterocycles. The summed E-state index contributed by atoms with van der Waals surface area (Å²) in [5.41, 5.74) is 1.72. The molecule has 0 saturated carbocycles. The van der Waals surface area contributed by atoms with Gasteiger partial charge in [0.05, 0.1) is 5.92 Å². The molecule has 0 bridgehead atoms. The third-order valence-electron chi connectivity index (χ3n) is 3.86. The van der Waals surface area contributed by atoms with Crippen LogP contribution in [-0.4, -0.2) is 30.4 Å². The van der Waals surface area contributed by atoms with Gasteiger partial charge in [-0.3, -0.25) is 9.59 Å². The Hall–Kier alpha value is -2.69. The summed E-state index contributed by atoms with van der Waals surface area (Å²) in [5, 5.41) is 0. The molecule has 0 aliphatic carbocycles. The van der Waals surface area contributed by atoms with Crippen LogP contribution < -0.4 is 0 Å². The van der Waals surface area contributed by atoms with E-state index in [2.05, 4.69) is 0 Å². The standard InChI is InChI=1S/C20H22FNO3/c1-15(11-17-9-6-10-18(21)12-17)20(24)25-14-19(23)22(2)13-16-7-4-3-5-8-16/h3-10,12,15H,11,13-14H2,1-2H3. The molecule has 0 radical (unpaired) electrons. The topological polar surface area (TPSA) is 46.6 Å². The fourth-order valence-electron chi connectivity index (χ4n) is 2.43. The molecule has 0 aliphatic heterocycles. The molecule has 0 heterocycles. The van der Waals surface area contributed by atoms with Crippen molar-refractivity contribution in [3.8, 4) is 0 Å². The SMILES string of the molecule is CC(Cc1cccc(F)c1)C(=O)OCC(=O)N(C)Cc1ccccc1. The van der Waals surface area contributed by atoms with Gasteiger partial charge in [-0.1, -0.05) is 49.4 Å². The van der Waals surface area contributed by atoms with Gasteiger partial charge in [-0.2, -0.15) is 0 Å². The third kappa shape index (κ3) is 6.03. The Morgan fingerprint density at radius 2 is 1.76 bits per heavy atom. The van der Waals surface area contributed by atoms with Crippen molar-refractivity contribution < 1.29 is 18.7 Å². The Labute approximate surface area is 147 Å². The summed E-state index contributed by atoms with van der Waals surface area (Å²) in [4.78, 5) is 25.6. The third-order valence-corrected chi connectivity index (χ3v) is 3.86. The number of nitrogens with zero attached hydrogens (tertiary/aromatic N) is 1. The molecule has 25 heavy (non-hydrogen) atoms. The van der Waals surface area contributed by atoms with E-state index in [-0.39, 0.29) is 18.3 Å². The number of carbonyl (C=O) groups is 2. The molecular weight excluding hydrogens is 321 g/mol. The zero-order valence-corrected chi connectivity index (χ0v) is 14.4. The first-order valence-electron chi connectivity index (χ1n) is 8.14. The second-order valence-corrected chi connectivity index (χ2v) is 6.08. The minimum Gasteiger partial charge on any atom is -0.455 e. The Bertz CT molecular complexity index is 718. The van der Waals surface area contributed by atoms with Crippen LogP contribution in [0.15, 0.2) is 54.6 Å². The number of carbonyl (C=O) groups excluding carboxylic acids is 2. The molecule has 1 amide bonds. The molecular formula is C20H22FNO3. The zero-order chi connectivity index (χ0) is 18.2. The van der Waals surface area contributed by atoms with Gasteiger partial charge in [-0.15, -0.1) is 0 Å². The van der Waals surface area contributed by atoms with Crippen molar-refractivity contribution in [3.05, 3.63) is 71.5 Å². The molecule has 0 N–H and O–H groups in total. The van der Waals surface area contributed by atoms with E-state index in [1.165, 1.54) is 17.0 Å². The molecule has 0 fully saturated rings. The Balaban J connectivity index is 1.79. The first kappa shape index (κ1) is 18.6. The van der Waals surface area contributed by atoms with E-state index < -0.39 is 11.9 Å². The average molecular weight is 343 g/mol. The van der Waals surface area contributed by atoms with Gasteiger partial charge in [0.25, 0.3) is 5.91 Å². The van der Waals surface area contributed by atoms with Gasteiger partial charge in [0.2, 0.25) is 0 Å². The Morgan fingerprint density at radius 3 is 2.44 bits per heavy atom. The Kier molecular flexibility index (Phi) is 6.69. The molecule has 2 aromatic rings. The summed E-state index contributed by atoms with van der Waals surface area (Å²) in [7, 11) is 1.67. The van der Waals surface area contributed by atoms with Gasteiger partial charge in [0.1, 0.15) is 5.82 Å². The first-order chi connectivity index (χ1) is 12.0. The Morgan fingerprint density at radius 1 is 1.08 bits per heavy atom. The number of benzene rings is 2. The molecule has 2 rings (SSSR count). The number of amides is 1. The van der Waals surface area contributed by atoms with E-state index in [0.29, 0.717) is 13.0 Å². The smallest absolute Gasteiger partial charge is 0.309 e. The van der Waals surface area contributed by atoms with Crippen LogP contribution in [0.2, 0.25) is 0 Å². The molecule has 1 unspecified atom stereocenters. The lowest BCUT2D eigenvalue weighted by molar-refractivity contribution is -0.154. The van der Waals surface area contributed by atoms with Crippen LogP contribution in [0, 0.1) is 11.7 Å². The highest BCUT2D eigenvalue weighted by atomic mass is 19.1. The number of esters is 1. The van der Waals surface area contributed by atoms with Gasteiger partial charge in [0.15, 0.2) is 6.61 Å². The van der Waals surface area contributed by atoms with E-state index in [4.69, 9.17) is 4.74 Å². The summed E-state index contributed by atoms with van der Waals surface area (Å²) in [6.07, 6.45) is 0.366. The fourth-order valence-corrected chi connectivity index (χ4v) is 2.43. The van der Waals surface area contributed by atoms with Crippen LogP contribution >= 0.6 is 0 Å². The summed E-state index contributed by atoms with van der Waals surface area (Å²) >= 11 is 0. The predicted molar refractivity (Wildman–Crippen MR) is 93.1 cm³/mol. The molecule has 0 saturated heterocycles. The first-order valence-corrected chi connectivity index (χ1v) is 8.14. The highest BCUT2D eigenvalue weighted by molar-refractivity contribution is 5.81. The van der Waals surface area contributed by atoms with Crippen LogP contribution in [0.25, 0.3) is 0 Å². The van der Waals surface area contributed by atoms with Crippen molar-refractivity contribution in [2.45, 2.75) is 19.9 Å². The molecule has 0 aliphatic rings. The monoisotopic (exact) mass is 343 g/mol. The maximum atomic E-state index is 13.2. The minimum absolute atomic E-state index is 0.268. The molecule has 4 nitrogen and oxygen atoms in total. The molecule has 0 spiro atoms. The summed E-state index contributed by atoms with van der Waals surface area (Å²) in [6.45, 7) is 1.86. The lowest BCUT2D eigenvalue weighted by Crippen LogP contribution is -2.32. The largest absolute Gasteiger partial charge is 0.455 e. The van der Waals surface area contributed by atoms with Gasteiger partial charge in [-0.25, -0.2) is 4.39 Å². The fraction of sp³-hybridized carbons (Fsp3) is 0.300. The summed E-state index contributed by atoms with van der Waals surface area (Å²) in [6, 6.07) is 15.7. The second-order valence-electron chi connectivity index (χ2n) is 6.08. The zero-order valence-electron chi connectivity index (χ0n) is 14.4. The number of likely N-dealkylation sites (N-methyl/N-ethyl adjacent to an activating group) is 1. The highest BCUT2D eigenvalue weighted by Gasteiger charge is 2.18. The average Bonchev–Trinajstić information content (AvgIpc) is 2.60. The number of ether oxygens (including phenoxy) is 1.